The fourth-order valence-electron chi connectivity index (χ4n) is 3.41. The van der Waals surface area contributed by atoms with Crippen molar-refractivity contribution in [3.8, 4) is 0 Å². The zero-order valence-electron chi connectivity index (χ0n) is 15.7. The predicted molar refractivity (Wildman–Crippen MR) is 97.4 cm³/mol. The van der Waals surface area contributed by atoms with Gasteiger partial charge in [-0.2, -0.15) is 0 Å². The Kier molecular flexibility index (Phi) is 5.58. The van der Waals surface area contributed by atoms with Crippen LogP contribution in [-0.4, -0.2) is 59.2 Å². The minimum absolute atomic E-state index is 0.160. The lowest BCUT2D eigenvalue weighted by Crippen LogP contribution is -2.38. The zero-order chi connectivity index (χ0) is 19.6. The number of carbonyl (C=O) groups is 4. The summed E-state index contributed by atoms with van der Waals surface area (Å²) in [6.07, 6.45) is 2.64. The van der Waals surface area contributed by atoms with Crippen LogP contribution in [0.15, 0.2) is 18.2 Å². The van der Waals surface area contributed by atoms with E-state index in [1.807, 2.05) is 6.92 Å². The highest BCUT2D eigenvalue weighted by Crippen LogP contribution is 2.25. The molecule has 144 valence electrons. The SMILES string of the molecule is CCCCN1C(=O)c2ccc(C(=O)O[C@H](C)C(=O)N3CCCC3)cc2C1=O. The molecule has 1 atom stereocenters. The van der Waals surface area contributed by atoms with Gasteiger partial charge in [0.15, 0.2) is 6.10 Å². The molecule has 0 saturated carbocycles. The number of benzene rings is 1. The number of fused-ring (bicyclic) bond motifs is 1. The zero-order valence-corrected chi connectivity index (χ0v) is 15.7. The molecule has 0 N–H and O–H groups in total. The molecule has 3 rings (SSSR count). The molecule has 1 aromatic rings. The number of amides is 3. The van der Waals surface area contributed by atoms with Gasteiger partial charge in [-0.1, -0.05) is 13.3 Å². The van der Waals surface area contributed by atoms with Gasteiger partial charge in [0.1, 0.15) is 0 Å². The van der Waals surface area contributed by atoms with Crippen LogP contribution in [0.25, 0.3) is 0 Å². The van der Waals surface area contributed by atoms with Gasteiger partial charge in [-0.3, -0.25) is 19.3 Å². The van der Waals surface area contributed by atoms with Crippen molar-refractivity contribution in [2.75, 3.05) is 19.6 Å². The normalized spacial score (nSPS) is 17.3. The molecule has 2 heterocycles. The number of likely N-dealkylation sites (tertiary alicyclic amines) is 1. The summed E-state index contributed by atoms with van der Waals surface area (Å²) < 4.78 is 5.28. The largest absolute Gasteiger partial charge is 0.449 e. The van der Waals surface area contributed by atoms with Crippen molar-refractivity contribution in [3.63, 3.8) is 0 Å². The van der Waals surface area contributed by atoms with Crippen LogP contribution in [0.2, 0.25) is 0 Å². The summed E-state index contributed by atoms with van der Waals surface area (Å²) in [6.45, 7) is 5.27. The highest BCUT2D eigenvalue weighted by molar-refractivity contribution is 6.22. The maximum absolute atomic E-state index is 12.5. The van der Waals surface area contributed by atoms with Gasteiger partial charge >= 0.3 is 5.97 Å². The molecule has 2 aliphatic rings. The molecule has 0 aromatic heterocycles. The van der Waals surface area contributed by atoms with Crippen LogP contribution in [0, 0.1) is 0 Å². The summed E-state index contributed by atoms with van der Waals surface area (Å²) in [4.78, 5) is 52.4. The van der Waals surface area contributed by atoms with Crippen LogP contribution < -0.4 is 0 Å². The number of imide groups is 1. The van der Waals surface area contributed by atoms with Crippen LogP contribution in [0.4, 0.5) is 0 Å². The Hall–Kier alpha value is -2.70. The van der Waals surface area contributed by atoms with Crippen molar-refractivity contribution in [2.45, 2.75) is 45.6 Å². The lowest BCUT2D eigenvalue weighted by Gasteiger charge is -2.20. The molecular weight excluding hydrogens is 348 g/mol. The van der Waals surface area contributed by atoms with Crippen molar-refractivity contribution in [1.29, 1.82) is 0 Å². The third kappa shape index (κ3) is 3.72. The molecule has 7 heteroatoms. The molecule has 1 saturated heterocycles. The average Bonchev–Trinajstić information content (AvgIpc) is 3.28. The van der Waals surface area contributed by atoms with Crippen LogP contribution in [0.3, 0.4) is 0 Å². The molecule has 3 amide bonds. The molecule has 0 unspecified atom stereocenters. The minimum atomic E-state index is -0.887. The van der Waals surface area contributed by atoms with Gasteiger partial charge in [-0.15, -0.1) is 0 Å². The molecule has 0 radical (unpaired) electrons. The van der Waals surface area contributed by atoms with E-state index in [4.69, 9.17) is 4.74 Å². The first-order valence-electron chi connectivity index (χ1n) is 9.44. The molecule has 1 fully saturated rings. The number of hydrogen-bond donors (Lipinski definition) is 0. The first-order valence-corrected chi connectivity index (χ1v) is 9.44. The van der Waals surface area contributed by atoms with Gasteiger partial charge in [0.25, 0.3) is 17.7 Å². The smallest absolute Gasteiger partial charge is 0.338 e. The van der Waals surface area contributed by atoms with Crippen molar-refractivity contribution < 1.29 is 23.9 Å². The lowest BCUT2D eigenvalue weighted by atomic mass is 10.1. The Morgan fingerprint density at radius 3 is 2.44 bits per heavy atom. The summed E-state index contributed by atoms with van der Waals surface area (Å²) in [5.41, 5.74) is 0.672. The molecule has 1 aromatic carbocycles. The maximum Gasteiger partial charge on any atom is 0.338 e. The van der Waals surface area contributed by atoms with E-state index in [0.717, 1.165) is 25.7 Å². The summed E-state index contributed by atoms with van der Waals surface area (Å²) >= 11 is 0. The third-order valence-corrected chi connectivity index (χ3v) is 4.99. The van der Waals surface area contributed by atoms with Crippen molar-refractivity contribution in [2.24, 2.45) is 0 Å². The number of esters is 1. The maximum atomic E-state index is 12.5. The van der Waals surface area contributed by atoms with E-state index in [-0.39, 0.29) is 28.8 Å². The standard InChI is InChI=1S/C20H24N2O5/c1-3-4-11-22-18(24)15-8-7-14(12-16(15)19(22)25)20(26)27-13(2)17(23)21-9-5-6-10-21/h7-8,12-13H,3-6,9-11H2,1-2H3/t13-/m1/s1. The molecule has 7 nitrogen and oxygen atoms in total. The van der Waals surface area contributed by atoms with Crippen LogP contribution >= 0.6 is 0 Å². The van der Waals surface area contributed by atoms with E-state index in [9.17, 15) is 19.2 Å². The monoisotopic (exact) mass is 372 g/mol. The van der Waals surface area contributed by atoms with Gasteiger partial charge in [0.2, 0.25) is 0 Å². The fourth-order valence-corrected chi connectivity index (χ4v) is 3.41. The molecular formula is C20H24N2O5. The Morgan fingerprint density at radius 2 is 1.78 bits per heavy atom. The van der Waals surface area contributed by atoms with E-state index >= 15 is 0 Å². The van der Waals surface area contributed by atoms with Gasteiger partial charge in [0, 0.05) is 19.6 Å². The van der Waals surface area contributed by atoms with E-state index in [1.165, 1.54) is 23.1 Å². The molecule has 0 spiro atoms. The third-order valence-electron chi connectivity index (χ3n) is 4.99. The van der Waals surface area contributed by atoms with E-state index < -0.39 is 12.1 Å². The van der Waals surface area contributed by atoms with E-state index in [1.54, 1.807) is 11.8 Å². The van der Waals surface area contributed by atoms with Crippen LogP contribution in [0.5, 0.6) is 0 Å². The predicted octanol–water partition coefficient (Wildman–Crippen LogP) is 2.25. The Morgan fingerprint density at radius 1 is 1.11 bits per heavy atom. The first kappa shape index (κ1) is 19.1. The highest BCUT2D eigenvalue weighted by Gasteiger charge is 2.36. The van der Waals surface area contributed by atoms with Gasteiger partial charge in [0.05, 0.1) is 16.7 Å². The second kappa shape index (κ2) is 7.90. The highest BCUT2D eigenvalue weighted by atomic mass is 16.5. The lowest BCUT2D eigenvalue weighted by molar-refractivity contribution is -0.138. The van der Waals surface area contributed by atoms with Crippen LogP contribution in [-0.2, 0) is 9.53 Å². The van der Waals surface area contributed by atoms with E-state index in [0.29, 0.717) is 25.2 Å². The number of carbonyl (C=O) groups excluding carboxylic acids is 4. The summed E-state index contributed by atoms with van der Waals surface area (Å²) in [7, 11) is 0. The second-order valence-electron chi connectivity index (χ2n) is 6.96. The summed E-state index contributed by atoms with van der Waals surface area (Å²) in [5, 5.41) is 0. The minimum Gasteiger partial charge on any atom is -0.449 e. The van der Waals surface area contributed by atoms with E-state index in [2.05, 4.69) is 0 Å². The van der Waals surface area contributed by atoms with Gasteiger partial charge in [-0.25, -0.2) is 4.79 Å². The molecule has 27 heavy (non-hydrogen) atoms. The fraction of sp³-hybridized carbons (Fsp3) is 0.500. The van der Waals surface area contributed by atoms with Crippen molar-refractivity contribution in [1.82, 2.24) is 9.80 Å². The second-order valence-corrected chi connectivity index (χ2v) is 6.96. The number of hydrogen-bond acceptors (Lipinski definition) is 5. The number of nitrogens with zero attached hydrogens (tertiary/aromatic N) is 2. The summed E-state index contributed by atoms with van der Waals surface area (Å²) in [6, 6.07) is 4.32. The molecule has 2 aliphatic heterocycles. The first-order chi connectivity index (χ1) is 12.9. The molecule has 0 bridgehead atoms. The van der Waals surface area contributed by atoms with Crippen LogP contribution in [0.1, 0.15) is 70.6 Å². The van der Waals surface area contributed by atoms with Crippen molar-refractivity contribution >= 4 is 23.7 Å². The Balaban J connectivity index is 1.71. The number of rotatable bonds is 6. The van der Waals surface area contributed by atoms with Gasteiger partial charge < -0.3 is 9.64 Å². The molecule has 0 aliphatic carbocycles. The number of ether oxygens (including phenoxy) is 1. The van der Waals surface area contributed by atoms with Crippen molar-refractivity contribution in [3.05, 3.63) is 34.9 Å². The summed E-state index contributed by atoms with van der Waals surface area (Å²) in [5.74, 6) is -1.61. The Bertz CT molecular complexity index is 783. The number of unbranched alkanes of at least 4 members (excludes halogenated alkanes) is 1. The topological polar surface area (TPSA) is 84.0 Å². The average molecular weight is 372 g/mol. The quantitative estimate of drug-likeness (QED) is 0.565. The van der Waals surface area contributed by atoms with Gasteiger partial charge in [-0.05, 0) is 44.4 Å². The Labute approximate surface area is 158 Å².